The molecule has 0 spiro atoms. The van der Waals surface area contributed by atoms with Crippen molar-refractivity contribution in [1.29, 1.82) is 0 Å². The van der Waals surface area contributed by atoms with E-state index >= 15 is 0 Å². The van der Waals surface area contributed by atoms with Gasteiger partial charge in [-0.05, 0) is 61.6 Å². The van der Waals surface area contributed by atoms with E-state index in [1.54, 1.807) is 6.20 Å². The second-order valence-corrected chi connectivity index (χ2v) is 17.6. The average Bonchev–Trinajstić information content (AvgIpc) is 3.96. The largest absolute Gasteiger partial charge is 0.480 e. The Morgan fingerprint density at radius 2 is 1.38 bits per heavy atom. The van der Waals surface area contributed by atoms with E-state index in [1.807, 2.05) is 61.5 Å². The summed E-state index contributed by atoms with van der Waals surface area (Å²) in [5.41, 5.74) is 13.2. The Morgan fingerprint density at radius 1 is 0.742 bits per heavy atom. The highest BCUT2D eigenvalue weighted by Crippen LogP contribution is 2.28. The van der Waals surface area contributed by atoms with Gasteiger partial charge >= 0.3 is 5.97 Å². The summed E-state index contributed by atoms with van der Waals surface area (Å²) in [4.78, 5) is 104. The van der Waals surface area contributed by atoms with Gasteiger partial charge in [-0.3, -0.25) is 33.8 Å². The van der Waals surface area contributed by atoms with Gasteiger partial charge in [-0.25, -0.2) is 4.79 Å². The fraction of sp³-hybridized carbons (Fsp3) is 0.542. The van der Waals surface area contributed by atoms with Crippen LogP contribution in [-0.2, 0) is 46.4 Å². The molecule has 1 aliphatic heterocycles. The van der Waals surface area contributed by atoms with Gasteiger partial charge in [-0.1, -0.05) is 100 Å². The molecule has 2 fully saturated rings. The lowest BCUT2D eigenvalue weighted by Gasteiger charge is -2.32. The second-order valence-electron chi connectivity index (χ2n) is 17.6. The summed E-state index contributed by atoms with van der Waals surface area (Å²) >= 11 is 0. The number of aromatic amines is 1. The highest BCUT2D eigenvalue weighted by molar-refractivity contribution is 5.97. The smallest absolute Gasteiger partial charge is 0.326 e. The second kappa shape index (κ2) is 25.3. The highest BCUT2D eigenvalue weighted by atomic mass is 16.4. The Bertz CT molecular complexity index is 2150. The molecule has 1 saturated heterocycles. The normalized spacial score (nSPS) is 17.4. The van der Waals surface area contributed by atoms with Crippen LogP contribution in [0.1, 0.15) is 108 Å². The standard InChI is InChI=1S/C48H68N10O8/c1-3-4-20-36(54-42(60)38(53-30(2)59)26-31-15-7-5-8-16-31)46(64)58-25-14-23-41(58)45(63)57-39(27-32-17-9-6-10-18-32)43(61)56-40(28-33-29-52-35-21-12-11-19-34(33)35)44(62)55-37(47(65)66)22-13-24-51-48(49)50/h5,7-8,11-12,15-16,19,21,29,32,36-41,52H,3-4,6,9-10,13-14,17-18,20,22-28H2,1-2H3,(H,53,59)(H,54,60)(H,55,62)(H,56,61)(H,57,63)(H,65,66)(H4,49,50,51)/t36-,37+,38-,39+,40-,41+/m0/s1. The van der Waals surface area contributed by atoms with Crippen molar-refractivity contribution < 1.29 is 38.7 Å². The number of aliphatic carboxylic acids is 1. The number of amides is 6. The van der Waals surface area contributed by atoms with Crippen molar-refractivity contribution >= 4 is 58.3 Å². The van der Waals surface area contributed by atoms with Crippen LogP contribution in [0.15, 0.2) is 65.8 Å². The van der Waals surface area contributed by atoms with Crippen LogP contribution in [-0.4, -0.2) is 112 Å². The van der Waals surface area contributed by atoms with Crippen LogP contribution in [0.5, 0.6) is 0 Å². The predicted molar refractivity (Wildman–Crippen MR) is 250 cm³/mol. The van der Waals surface area contributed by atoms with Crippen LogP contribution in [0.3, 0.4) is 0 Å². The number of carbonyl (C=O) groups excluding carboxylic acids is 6. The predicted octanol–water partition coefficient (Wildman–Crippen LogP) is 2.69. The number of likely N-dealkylation sites (tertiary alicyclic amines) is 1. The Labute approximate surface area is 386 Å². The molecule has 1 aliphatic carbocycles. The molecule has 5 rings (SSSR count). The lowest BCUT2D eigenvalue weighted by atomic mass is 9.84. The number of hydrogen-bond donors (Lipinski definition) is 9. The fourth-order valence-electron chi connectivity index (χ4n) is 9.04. The van der Waals surface area contributed by atoms with Gasteiger partial charge in [0.15, 0.2) is 5.96 Å². The first-order valence-corrected chi connectivity index (χ1v) is 23.4. The fourth-order valence-corrected chi connectivity index (χ4v) is 9.04. The molecule has 0 bridgehead atoms. The van der Waals surface area contributed by atoms with Crippen LogP contribution in [0.2, 0.25) is 0 Å². The van der Waals surface area contributed by atoms with Gasteiger partial charge in [-0.2, -0.15) is 0 Å². The number of nitrogens with two attached hydrogens (primary N) is 2. The number of aliphatic imine (C=N–C) groups is 1. The molecule has 3 aromatic rings. The number of para-hydroxylation sites is 1. The molecule has 6 amide bonds. The van der Waals surface area contributed by atoms with E-state index in [0.717, 1.165) is 55.0 Å². The molecule has 0 radical (unpaired) electrons. The van der Waals surface area contributed by atoms with Gasteiger partial charge in [0, 0.05) is 50.0 Å². The monoisotopic (exact) mass is 913 g/mol. The summed E-state index contributed by atoms with van der Waals surface area (Å²) < 4.78 is 0. The summed E-state index contributed by atoms with van der Waals surface area (Å²) in [6.07, 6.45) is 9.81. The Morgan fingerprint density at radius 3 is 2.06 bits per heavy atom. The first kappa shape index (κ1) is 50.5. The lowest BCUT2D eigenvalue weighted by molar-refractivity contribution is -0.143. The molecular formula is C48H68N10O8. The molecule has 11 N–H and O–H groups in total. The van der Waals surface area contributed by atoms with Gasteiger partial charge in [0.05, 0.1) is 0 Å². The summed E-state index contributed by atoms with van der Waals surface area (Å²) in [6.45, 7) is 3.72. The third-order valence-electron chi connectivity index (χ3n) is 12.5. The van der Waals surface area contributed by atoms with E-state index in [-0.39, 0.29) is 50.7 Å². The van der Waals surface area contributed by atoms with Crippen LogP contribution in [0.4, 0.5) is 0 Å². The summed E-state index contributed by atoms with van der Waals surface area (Å²) in [6, 6.07) is 10.3. The maximum atomic E-state index is 14.6. The summed E-state index contributed by atoms with van der Waals surface area (Å²) in [5, 5.41) is 24.9. The molecule has 18 heteroatoms. The zero-order valence-electron chi connectivity index (χ0n) is 38.2. The van der Waals surface area contributed by atoms with Crippen molar-refractivity contribution in [2.75, 3.05) is 13.1 Å². The highest BCUT2D eigenvalue weighted by Gasteiger charge is 2.40. The molecule has 1 aromatic heterocycles. The van der Waals surface area contributed by atoms with Crippen LogP contribution in [0, 0.1) is 5.92 Å². The average molecular weight is 913 g/mol. The van der Waals surface area contributed by atoms with Gasteiger partial charge in [0.2, 0.25) is 35.4 Å². The van der Waals surface area contributed by atoms with Gasteiger partial charge in [0.1, 0.15) is 36.3 Å². The first-order chi connectivity index (χ1) is 31.7. The number of nitrogens with zero attached hydrogens (tertiary/aromatic N) is 2. The van der Waals surface area contributed by atoms with E-state index < -0.39 is 77.7 Å². The number of fused-ring (bicyclic) bond motifs is 1. The molecule has 6 atom stereocenters. The minimum Gasteiger partial charge on any atom is -0.480 e. The number of unbranched alkanes of at least 4 members (excludes halogenated alkanes) is 1. The number of carbonyl (C=O) groups is 7. The van der Waals surface area contributed by atoms with Crippen molar-refractivity contribution in [1.82, 2.24) is 36.5 Å². The number of carboxylic acid groups (broad SMARTS) is 1. The maximum Gasteiger partial charge on any atom is 0.326 e. The number of H-pyrrole nitrogens is 1. The van der Waals surface area contributed by atoms with E-state index in [9.17, 15) is 38.7 Å². The Kier molecular flexibility index (Phi) is 19.4. The van der Waals surface area contributed by atoms with E-state index in [1.165, 1.54) is 11.8 Å². The molecular weight excluding hydrogens is 845 g/mol. The van der Waals surface area contributed by atoms with E-state index in [0.29, 0.717) is 37.7 Å². The van der Waals surface area contributed by atoms with Crippen molar-refractivity contribution in [2.24, 2.45) is 22.4 Å². The SMILES string of the molecule is CCCC[C@H](NC(=O)[C@H](Cc1ccccc1)NC(C)=O)C(=O)N1CCC[C@@H]1C(=O)N[C@H](CC1CCCCC1)C(=O)N[C@@H](Cc1c[nH]c2ccccc12)C(=O)N[C@H](CCCN=C(N)N)C(=O)O. The van der Waals surface area contributed by atoms with Crippen molar-refractivity contribution in [2.45, 2.75) is 146 Å². The Balaban J connectivity index is 1.36. The zero-order valence-corrected chi connectivity index (χ0v) is 38.2. The minimum absolute atomic E-state index is 0.00986. The number of carboxylic acids is 1. The number of rotatable bonds is 24. The third kappa shape index (κ3) is 15.1. The van der Waals surface area contributed by atoms with Crippen molar-refractivity contribution in [3.05, 3.63) is 71.9 Å². The minimum atomic E-state index is -1.30. The summed E-state index contributed by atoms with van der Waals surface area (Å²) in [5.74, 6) is -4.48. The number of guanidine groups is 1. The third-order valence-corrected chi connectivity index (χ3v) is 12.5. The Hall–Kier alpha value is -6.46. The molecule has 66 heavy (non-hydrogen) atoms. The van der Waals surface area contributed by atoms with E-state index in [2.05, 4.69) is 36.6 Å². The van der Waals surface area contributed by atoms with Crippen molar-refractivity contribution in [3.63, 3.8) is 0 Å². The van der Waals surface area contributed by atoms with Crippen LogP contribution < -0.4 is 38.1 Å². The number of nitrogens with one attached hydrogen (secondary N) is 6. The lowest BCUT2D eigenvalue weighted by Crippen LogP contribution is -2.59. The molecule has 0 unspecified atom stereocenters. The molecule has 2 aliphatic rings. The van der Waals surface area contributed by atoms with E-state index in [4.69, 9.17) is 11.5 Å². The number of hydrogen-bond acceptors (Lipinski definition) is 8. The first-order valence-electron chi connectivity index (χ1n) is 23.4. The molecule has 18 nitrogen and oxygen atoms in total. The van der Waals surface area contributed by atoms with Crippen molar-refractivity contribution in [3.8, 4) is 0 Å². The molecule has 2 heterocycles. The molecule has 1 saturated carbocycles. The quantitative estimate of drug-likeness (QED) is 0.0360. The maximum absolute atomic E-state index is 14.6. The van der Waals surface area contributed by atoms with Gasteiger partial charge < -0.3 is 53.0 Å². The van der Waals surface area contributed by atoms with Crippen LogP contribution >= 0.6 is 0 Å². The van der Waals surface area contributed by atoms with Gasteiger partial charge in [0.25, 0.3) is 0 Å². The zero-order chi connectivity index (χ0) is 47.6. The van der Waals surface area contributed by atoms with Crippen LogP contribution in [0.25, 0.3) is 10.9 Å². The topological polar surface area (TPSA) is 283 Å². The number of benzene rings is 2. The molecule has 2 aromatic carbocycles. The number of aromatic nitrogens is 1. The molecule has 358 valence electrons. The summed E-state index contributed by atoms with van der Waals surface area (Å²) in [7, 11) is 0. The van der Waals surface area contributed by atoms with Gasteiger partial charge in [-0.15, -0.1) is 0 Å².